The quantitative estimate of drug-likeness (QED) is 0.397. The lowest BCUT2D eigenvalue weighted by Gasteiger charge is -2.02. The minimum absolute atomic E-state index is 0.0814. The van der Waals surface area contributed by atoms with Gasteiger partial charge in [-0.15, -0.1) is 22.7 Å². The molecule has 0 saturated carbocycles. The Morgan fingerprint density at radius 1 is 1.19 bits per heavy atom. The summed E-state index contributed by atoms with van der Waals surface area (Å²) >= 11 is 2.71. The molecule has 0 spiro atoms. The van der Waals surface area contributed by atoms with Gasteiger partial charge in [0.25, 0.3) is 0 Å². The topological polar surface area (TPSA) is 85.6 Å². The lowest BCUT2D eigenvalue weighted by Crippen LogP contribution is -2.13. The van der Waals surface area contributed by atoms with Crippen molar-refractivity contribution in [2.75, 3.05) is 11.9 Å². The fourth-order valence-electron chi connectivity index (χ4n) is 3.04. The first-order valence-corrected chi connectivity index (χ1v) is 11.4. The number of ether oxygens (including phenoxy) is 1. The number of fused-ring (bicyclic) bond motifs is 1. The average molecular weight is 459 g/mol. The number of benzene rings is 1. The van der Waals surface area contributed by atoms with E-state index in [0.717, 1.165) is 10.7 Å². The molecule has 160 valence electrons. The molecule has 0 aliphatic heterocycles. The SMILES string of the molecule is CCOC(=O)Cc1csc(NC(=O)CCc2csc3nc(-c4ccccc4F)cn23)n1. The molecule has 0 radical (unpaired) electrons. The van der Waals surface area contributed by atoms with Gasteiger partial charge in [-0.1, -0.05) is 12.1 Å². The van der Waals surface area contributed by atoms with Crippen molar-refractivity contribution < 1.29 is 18.7 Å². The zero-order valence-electron chi connectivity index (χ0n) is 16.6. The van der Waals surface area contributed by atoms with Gasteiger partial charge in [0.05, 0.1) is 24.4 Å². The molecule has 3 heterocycles. The number of imidazole rings is 1. The van der Waals surface area contributed by atoms with E-state index in [1.54, 1.807) is 36.7 Å². The molecular weight excluding hydrogens is 439 g/mol. The number of amides is 1. The highest BCUT2D eigenvalue weighted by molar-refractivity contribution is 7.15. The molecule has 0 bridgehead atoms. The lowest BCUT2D eigenvalue weighted by atomic mass is 10.1. The van der Waals surface area contributed by atoms with Crippen molar-refractivity contribution >= 4 is 44.6 Å². The summed E-state index contributed by atoms with van der Waals surface area (Å²) < 4.78 is 20.8. The van der Waals surface area contributed by atoms with Crippen LogP contribution in [0.15, 0.2) is 41.2 Å². The third-order valence-corrected chi connectivity index (χ3v) is 6.17. The molecule has 1 amide bonds. The predicted octanol–water partition coefficient (Wildman–Crippen LogP) is 4.34. The maximum absolute atomic E-state index is 14.1. The molecule has 10 heteroatoms. The molecule has 4 rings (SSSR count). The van der Waals surface area contributed by atoms with Crippen molar-refractivity contribution in [1.82, 2.24) is 14.4 Å². The first-order chi connectivity index (χ1) is 15.0. The fourth-order valence-corrected chi connectivity index (χ4v) is 4.67. The number of aromatic nitrogens is 3. The van der Waals surface area contributed by atoms with Crippen LogP contribution >= 0.6 is 22.7 Å². The number of anilines is 1. The second-order valence-corrected chi connectivity index (χ2v) is 8.35. The second kappa shape index (κ2) is 9.36. The molecule has 1 N–H and O–H groups in total. The Bertz CT molecular complexity index is 1230. The third-order valence-electron chi connectivity index (χ3n) is 4.47. The molecule has 0 fully saturated rings. The van der Waals surface area contributed by atoms with Gasteiger partial charge < -0.3 is 10.1 Å². The molecular formula is C21H19FN4O3S2. The van der Waals surface area contributed by atoms with E-state index in [2.05, 4.69) is 15.3 Å². The van der Waals surface area contributed by atoms with E-state index in [0.29, 0.717) is 35.1 Å². The van der Waals surface area contributed by atoms with Gasteiger partial charge >= 0.3 is 5.97 Å². The molecule has 31 heavy (non-hydrogen) atoms. The van der Waals surface area contributed by atoms with E-state index in [-0.39, 0.29) is 30.5 Å². The van der Waals surface area contributed by atoms with Crippen LogP contribution in [-0.2, 0) is 27.2 Å². The molecule has 3 aromatic heterocycles. The van der Waals surface area contributed by atoms with Gasteiger partial charge in [0.1, 0.15) is 5.82 Å². The van der Waals surface area contributed by atoms with Gasteiger partial charge in [-0.2, -0.15) is 0 Å². The summed E-state index contributed by atoms with van der Waals surface area (Å²) in [4.78, 5) is 33.4. The predicted molar refractivity (Wildman–Crippen MR) is 118 cm³/mol. The summed E-state index contributed by atoms with van der Waals surface area (Å²) in [6.07, 6.45) is 2.63. The number of carbonyl (C=O) groups is 2. The van der Waals surface area contributed by atoms with E-state index in [1.807, 2.05) is 9.78 Å². The molecule has 4 aromatic rings. The van der Waals surface area contributed by atoms with E-state index in [9.17, 15) is 14.0 Å². The number of esters is 1. The number of thiazole rings is 2. The van der Waals surface area contributed by atoms with Gasteiger partial charge in [-0.25, -0.2) is 14.4 Å². The summed E-state index contributed by atoms with van der Waals surface area (Å²) in [6.45, 7) is 2.07. The Balaban J connectivity index is 1.37. The highest BCUT2D eigenvalue weighted by atomic mass is 32.1. The van der Waals surface area contributed by atoms with Crippen LogP contribution in [0.4, 0.5) is 9.52 Å². The van der Waals surface area contributed by atoms with Crippen LogP contribution in [0.5, 0.6) is 0 Å². The van der Waals surface area contributed by atoms with Crippen molar-refractivity contribution in [2.24, 2.45) is 0 Å². The third kappa shape index (κ3) is 4.97. The van der Waals surface area contributed by atoms with Gasteiger partial charge in [0.15, 0.2) is 10.1 Å². The Morgan fingerprint density at radius 2 is 2.03 bits per heavy atom. The Hall–Kier alpha value is -3.11. The smallest absolute Gasteiger partial charge is 0.311 e. The van der Waals surface area contributed by atoms with Crippen LogP contribution < -0.4 is 5.32 Å². The van der Waals surface area contributed by atoms with Crippen molar-refractivity contribution in [3.63, 3.8) is 0 Å². The number of halogens is 1. The van der Waals surface area contributed by atoms with Gasteiger partial charge in [-0.05, 0) is 25.5 Å². The zero-order chi connectivity index (χ0) is 21.8. The van der Waals surface area contributed by atoms with Crippen molar-refractivity contribution in [1.29, 1.82) is 0 Å². The summed E-state index contributed by atoms with van der Waals surface area (Å²) in [5, 5.41) is 6.88. The molecule has 1 aromatic carbocycles. The Morgan fingerprint density at radius 3 is 2.84 bits per heavy atom. The molecule has 0 aliphatic carbocycles. The number of hydrogen-bond donors (Lipinski definition) is 1. The van der Waals surface area contributed by atoms with Crippen molar-refractivity contribution in [2.45, 2.75) is 26.2 Å². The second-order valence-electron chi connectivity index (χ2n) is 6.66. The summed E-state index contributed by atoms with van der Waals surface area (Å²) in [5.41, 5.74) is 2.50. The zero-order valence-corrected chi connectivity index (χ0v) is 18.3. The van der Waals surface area contributed by atoms with Crippen LogP contribution in [0.25, 0.3) is 16.2 Å². The molecule has 0 saturated heterocycles. The first kappa shape index (κ1) is 21.1. The number of carbonyl (C=O) groups excluding carboxylic acids is 2. The normalized spacial score (nSPS) is 11.0. The largest absolute Gasteiger partial charge is 0.466 e. The standard InChI is InChI=1S/C21H19FN4O3S2/c1-2-29-19(28)9-13-11-30-20(23-13)25-18(27)8-7-14-12-31-21-24-17(10-26(14)21)15-5-3-4-6-16(15)22/h3-6,10-12H,2,7-9H2,1H3,(H,23,25,27). The van der Waals surface area contributed by atoms with Crippen LogP contribution in [-0.4, -0.2) is 32.9 Å². The highest BCUT2D eigenvalue weighted by Crippen LogP contribution is 2.26. The van der Waals surface area contributed by atoms with Crippen LogP contribution in [0.1, 0.15) is 24.7 Å². The van der Waals surface area contributed by atoms with Gasteiger partial charge in [0, 0.05) is 34.6 Å². The lowest BCUT2D eigenvalue weighted by molar-refractivity contribution is -0.142. The molecule has 0 atom stereocenters. The van der Waals surface area contributed by atoms with E-state index >= 15 is 0 Å². The van der Waals surface area contributed by atoms with Crippen molar-refractivity contribution in [3.05, 3.63) is 58.4 Å². The summed E-state index contributed by atoms with van der Waals surface area (Å²) in [5.74, 6) is -0.840. The van der Waals surface area contributed by atoms with Crippen molar-refractivity contribution in [3.8, 4) is 11.3 Å². The number of rotatable bonds is 8. The van der Waals surface area contributed by atoms with Crippen LogP contribution in [0.2, 0.25) is 0 Å². The van der Waals surface area contributed by atoms with Gasteiger partial charge in [0.2, 0.25) is 5.91 Å². The average Bonchev–Trinajstić information content (AvgIpc) is 3.43. The van der Waals surface area contributed by atoms with Crippen LogP contribution in [0, 0.1) is 5.82 Å². The Kier molecular flexibility index (Phi) is 6.38. The van der Waals surface area contributed by atoms with E-state index in [1.165, 1.54) is 28.7 Å². The van der Waals surface area contributed by atoms with E-state index < -0.39 is 0 Å². The molecule has 7 nitrogen and oxygen atoms in total. The maximum atomic E-state index is 14.1. The molecule has 0 unspecified atom stereocenters. The minimum Gasteiger partial charge on any atom is -0.466 e. The van der Waals surface area contributed by atoms with E-state index in [4.69, 9.17) is 4.74 Å². The first-order valence-electron chi connectivity index (χ1n) is 9.63. The number of nitrogens with one attached hydrogen (secondary N) is 1. The van der Waals surface area contributed by atoms with Crippen LogP contribution in [0.3, 0.4) is 0 Å². The maximum Gasteiger partial charge on any atom is 0.311 e. The molecule has 0 aliphatic rings. The number of aryl methyl sites for hydroxylation is 1. The van der Waals surface area contributed by atoms with Gasteiger partial charge in [-0.3, -0.25) is 14.0 Å². The Labute approximate surface area is 185 Å². The summed E-state index contributed by atoms with van der Waals surface area (Å²) in [6, 6.07) is 6.52. The highest BCUT2D eigenvalue weighted by Gasteiger charge is 2.14. The summed E-state index contributed by atoms with van der Waals surface area (Å²) in [7, 11) is 0. The number of nitrogens with zero attached hydrogens (tertiary/aromatic N) is 3. The number of hydrogen-bond acceptors (Lipinski definition) is 7. The monoisotopic (exact) mass is 458 g/mol. The fraction of sp³-hybridized carbons (Fsp3) is 0.238. The minimum atomic E-state index is -0.345.